The molecule has 26 heavy (non-hydrogen) atoms. The number of nitrogens with two attached hydrogens (primary N) is 1. The van der Waals surface area contributed by atoms with Crippen LogP contribution in [0.25, 0.3) is 22.4 Å². The molecule has 0 aliphatic carbocycles. The second kappa shape index (κ2) is 6.90. The summed E-state index contributed by atoms with van der Waals surface area (Å²) in [6.45, 7) is 0. The first kappa shape index (κ1) is 17.5. The van der Waals surface area contributed by atoms with Crippen molar-refractivity contribution in [2.45, 2.75) is 0 Å². The molecule has 0 aliphatic rings. The number of hydrogen-bond donors (Lipinski definition) is 1. The molecule has 128 valence electrons. The first-order valence-corrected chi connectivity index (χ1v) is 8.11. The molecule has 0 unspecified atom stereocenters. The summed E-state index contributed by atoms with van der Waals surface area (Å²) < 4.78 is 14.9. The summed E-state index contributed by atoms with van der Waals surface area (Å²) in [4.78, 5) is 14.4. The van der Waals surface area contributed by atoms with Crippen LogP contribution < -0.4 is 5.73 Å². The molecule has 3 aromatic rings. The molecule has 0 bridgehead atoms. The Morgan fingerprint density at radius 1 is 1.15 bits per heavy atom. The third-order valence-corrected chi connectivity index (χ3v) is 4.25. The molecule has 0 fully saturated rings. The van der Waals surface area contributed by atoms with Gasteiger partial charge in [-0.3, -0.25) is 10.1 Å². The SMILES string of the molecule is N#Cc1c(-c2ccc(Br)cc2F)cc(-c2ccc([N+](=O)[O-])cc2)nc1N. The van der Waals surface area contributed by atoms with Gasteiger partial charge < -0.3 is 5.73 Å². The van der Waals surface area contributed by atoms with Crippen LogP contribution in [-0.4, -0.2) is 9.91 Å². The minimum Gasteiger partial charge on any atom is -0.383 e. The average molecular weight is 413 g/mol. The van der Waals surface area contributed by atoms with E-state index in [2.05, 4.69) is 20.9 Å². The first-order valence-electron chi connectivity index (χ1n) is 7.31. The van der Waals surface area contributed by atoms with Crippen LogP contribution in [0.15, 0.2) is 53.0 Å². The smallest absolute Gasteiger partial charge is 0.269 e. The van der Waals surface area contributed by atoms with Crippen LogP contribution in [0.4, 0.5) is 15.9 Å². The maximum Gasteiger partial charge on any atom is 0.269 e. The number of nitrogen functional groups attached to an aromatic ring is 1. The average Bonchev–Trinajstić information content (AvgIpc) is 2.61. The summed E-state index contributed by atoms with van der Waals surface area (Å²) in [7, 11) is 0. The van der Waals surface area contributed by atoms with E-state index in [1.807, 2.05) is 6.07 Å². The fourth-order valence-corrected chi connectivity index (χ4v) is 2.84. The zero-order chi connectivity index (χ0) is 18.8. The zero-order valence-electron chi connectivity index (χ0n) is 13.1. The highest BCUT2D eigenvalue weighted by Crippen LogP contribution is 2.34. The Balaban J connectivity index is 2.19. The molecule has 3 rings (SSSR count). The van der Waals surface area contributed by atoms with E-state index in [0.717, 1.165) is 0 Å². The monoisotopic (exact) mass is 412 g/mol. The lowest BCUT2D eigenvalue weighted by molar-refractivity contribution is -0.384. The van der Waals surface area contributed by atoms with Crippen LogP contribution in [0, 0.1) is 27.3 Å². The summed E-state index contributed by atoms with van der Waals surface area (Å²) in [5, 5.41) is 20.2. The number of non-ortho nitro benzene ring substituents is 1. The van der Waals surface area contributed by atoms with E-state index in [9.17, 15) is 19.8 Å². The van der Waals surface area contributed by atoms with E-state index >= 15 is 0 Å². The van der Waals surface area contributed by atoms with Crippen molar-refractivity contribution in [1.29, 1.82) is 5.26 Å². The van der Waals surface area contributed by atoms with Gasteiger partial charge in [-0.1, -0.05) is 22.0 Å². The maximum absolute atomic E-state index is 14.4. The molecule has 2 aromatic carbocycles. The number of nitro groups is 1. The number of nitriles is 1. The van der Waals surface area contributed by atoms with Crippen molar-refractivity contribution < 1.29 is 9.31 Å². The second-order valence-corrected chi connectivity index (χ2v) is 6.27. The molecule has 6 nitrogen and oxygen atoms in total. The third kappa shape index (κ3) is 3.25. The van der Waals surface area contributed by atoms with Crippen molar-refractivity contribution in [2.24, 2.45) is 0 Å². The number of pyridine rings is 1. The van der Waals surface area contributed by atoms with Gasteiger partial charge in [0.1, 0.15) is 23.3 Å². The van der Waals surface area contributed by atoms with Gasteiger partial charge in [-0.2, -0.15) is 5.26 Å². The summed E-state index contributed by atoms with van der Waals surface area (Å²) in [6.07, 6.45) is 0. The Kier molecular flexibility index (Phi) is 4.65. The van der Waals surface area contributed by atoms with Crippen molar-refractivity contribution in [2.75, 3.05) is 5.73 Å². The number of aromatic nitrogens is 1. The van der Waals surface area contributed by atoms with Crippen LogP contribution in [0.3, 0.4) is 0 Å². The molecule has 0 amide bonds. The minimum atomic E-state index is -0.517. The van der Waals surface area contributed by atoms with Gasteiger partial charge in [-0.15, -0.1) is 0 Å². The Hall–Kier alpha value is -3.31. The first-order chi connectivity index (χ1) is 12.4. The van der Waals surface area contributed by atoms with Crippen LogP contribution in [0.5, 0.6) is 0 Å². The summed E-state index contributed by atoms with van der Waals surface area (Å²) >= 11 is 3.19. The van der Waals surface area contributed by atoms with Gasteiger partial charge in [0.15, 0.2) is 0 Å². The van der Waals surface area contributed by atoms with Crippen LogP contribution in [0.1, 0.15) is 5.56 Å². The Bertz CT molecular complexity index is 1060. The van der Waals surface area contributed by atoms with Crippen molar-refractivity contribution in [3.8, 4) is 28.5 Å². The molecule has 8 heteroatoms. The molecule has 2 N–H and O–H groups in total. The van der Waals surface area contributed by atoms with Crippen LogP contribution >= 0.6 is 15.9 Å². The molecule has 1 heterocycles. The van der Waals surface area contributed by atoms with Gasteiger partial charge in [0.25, 0.3) is 5.69 Å². The van der Waals surface area contributed by atoms with Crippen LogP contribution in [0.2, 0.25) is 0 Å². The van der Waals surface area contributed by atoms with Crippen LogP contribution in [-0.2, 0) is 0 Å². The van der Waals surface area contributed by atoms with Crippen molar-refractivity contribution >= 4 is 27.4 Å². The summed E-state index contributed by atoms with van der Waals surface area (Å²) in [5.74, 6) is -0.559. The lowest BCUT2D eigenvalue weighted by atomic mass is 9.98. The van der Waals surface area contributed by atoms with E-state index in [0.29, 0.717) is 21.3 Å². The van der Waals surface area contributed by atoms with E-state index in [1.165, 1.54) is 36.4 Å². The highest BCUT2D eigenvalue weighted by Gasteiger charge is 2.17. The van der Waals surface area contributed by atoms with E-state index in [4.69, 9.17) is 5.73 Å². The maximum atomic E-state index is 14.4. The van der Waals surface area contributed by atoms with Gasteiger partial charge in [0.05, 0.1) is 10.6 Å². The molecule has 0 spiro atoms. The number of rotatable bonds is 3. The van der Waals surface area contributed by atoms with Gasteiger partial charge in [-0.25, -0.2) is 9.37 Å². The topological polar surface area (TPSA) is 106 Å². The van der Waals surface area contributed by atoms with Gasteiger partial charge >= 0.3 is 0 Å². The third-order valence-electron chi connectivity index (χ3n) is 3.75. The highest BCUT2D eigenvalue weighted by atomic mass is 79.9. The Labute approximate surface area is 156 Å². The van der Waals surface area contributed by atoms with E-state index in [-0.39, 0.29) is 22.6 Å². The fraction of sp³-hybridized carbons (Fsp3) is 0. The lowest BCUT2D eigenvalue weighted by Gasteiger charge is -2.11. The van der Waals surface area contributed by atoms with Crippen molar-refractivity contribution in [3.05, 3.63) is 74.5 Å². The van der Waals surface area contributed by atoms with Crippen molar-refractivity contribution in [3.63, 3.8) is 0 Å². The molecular formula is C18H10BrFN4O2. The highest BCUT2D eigenvalue weighted by molar-refractivity contribution is 9.10. The van der Waals surface area contributed by atoms with Gasteiger partial charge in [0.2, 0.25) is 0 Å². The molecule has 1 aromatic heterocycles. The summed E-state index contributed by atoms with van der Waals surface area (Å²) in [6, 6.07) is 13.7. The largest absolute Gasteiger partial charge is 0.383 e. The molecule has 0 radical (unpaired) electrons. The number of benzene rings is 2. The number of nitro benzene ring substituents is 1. The molecule has 0 saturated heterocycles. The van der Waals surface area contributed by atoms with Gasteiger partial charge in [-0.05, 0) is 30.3 Å². The molecular weight excluding hydrogens is 403 g/mol. The van der Waals surface area contributed by atoms with E-state index < -0.39 is 10.7 Å². The predicted octanol–water partition coefficient (Wildman–Crippen LogP) is 4.68. The normalized spacial score (nSPS) is 10.3. The fourth-order valence-electron chi connectivity index (χ4n) is 2.50. The minimum absolute atomic E-state index is 0.0410. The van der Waals surface area contributed by atoms with E-state index in [1.54, 1.807) is 12.1 Å². The standard InChI is InChI=1S/C18H10BrFN4O2/c19-11-3-6-13(16(20)7-11)14-8-17(23-18(22)15(14)9-21)10-1-4-12(5-2-10)24(25)26/h1-8H,(H2,22,23). The van der Waals surface area contributed by atoms with Crippen molar-refractivity contribution in [1.82, 2.24) is 4.98 Å². The molecule has 0 atom stereocenters. The Morgan fingerprint density at radius 2 is 1.85 bits per heavy atom. The number of hydrogen-bond acceptors (Lipinski definition) is 5. The number of nitrogens with zero attached hydrogens (tertiary/aromatic N) is 3. The predicted molar refractivity (Wildman–Crippen MR) is 98.5 cm³/mol. The van der Waals surface area contributed by atoms with Gasteiger partial charge in [0, 0.05) is 33.3 Å². The molecule has 0 saturated carbocycles. The summed E-state index contributed by atoms with van der Waals surface area (Å²) in [5.41, 5.74) is 7.36. The Morgan fingerprint density at radius 3 is 2.42 bits per heavy atom. The second-order valence-electron chi connectivity index (χ2n) is 5.36. The zero-order valence-corrected chi connectivity index (χ0v) is 14.7. The number of halogens is 2. The number of anilines is 1. The lowest BCUT2D eigenvalue weighted by Crippen LogP contribution is -2.00. The molecule has 0 aliphatic heterocycles. The quantitative estimate of drug-likeness (QED) is 0.496.